The van der Waals surface area contributed by atoms with Gasteiger partial charge in [-0.05, 0) is 38.5 Å². The summed E-state index contributed by atoms with van der Waals surface area (Å²) in [7, 11) is 3.81. The van der Waals surface area contributed by atoms with Crippen LogP contribution in [0.3, 0.4) is 0 Å². The van der Waals surface area contributed by atoms with Crippen LogP contribution < -0.4 is 23.0 Å². The van der Waals surface area contributed by atoms with Crippen LogP contribution in [0.25, 0.3) is 0 Å². The van der Waals surface area contributed by atoms with E-state index < -0.39 is 86.5 Å². The normalized spacial score (nSPS) is 23.0. The number of ether oxygens (including phenoxy) is 8. The molecular weight excluding hydrogens is 1060 g/mol. The van der Waals surface area contributed by atoms with Gasteiger partial charge < -0.3 is 96.1 Å². The van der Waals surface area contributed by atoms with Crippen molar-refractivity contribution in [2.75, 3.05) is 73.4 Å². The van der Waals surface area contributed by atoms with Crippen LogP contribution in [-0.2, 0) is 61.9 Å². The van der Waals surface area contributed by atoms with Crippen molar-refractivity contribution in [1.82, 2.24) is 10.6 Å². The highest BCUT2D eigenvalue weighted by atomic mass is 35.5. The minimum atomic E-state index is -1.77. The molecule has 4 unspecified atom stereocenters. The smallest absolute Gasteiger partial charge is 0.407 e. The zero-order chi connectivity index (χ0) is 57.6. The van der Waals surface area contributed by atoms with Crippen LogP contribution in [0, 0.1) is 0 Å². The van der Waals surface area contributed by atoms with E-state index in [9.17, 15) is 59.4 Å². The molecule has 79 heavy (non-hydrogen) atoms. The number of hydrogen-bond acceptors (Lipinski definition) is 20. The zero-order valence-electron chi connectivity index (χ0n) is 47.7. The molecule has 0 aromatic rings. The molecule has 24 heteroatoms. The number of amides is 2. The Balaban J connectivity index is 0.0000312. The Hall–Kier alpha value is -3.49. The standard InChI is InChI=1S/C55H99N3O20.ClH/c1-40(61)56-48-50(67)49(66)42(38-59)77-54(48)78-52-43(39-60)76-53(69)47(51(52)68)57-55(70)75-35-28-22-16-10-9-14-20-26-33-73-45(64)30-24-18-12-6-5-11-17-23-29-44(63)72-32-25-19-13-7-8-15-21-27-34-74-46(65)37-58(3,4)31-36-71-41(2)62;/h42-43,47-54,59-60,66-69H,5-39H2,1-4H3,(H-,56,57,61,70);1H/t42?,43?,47-,48-,49+,50?,51?,52+,53+,54-;/m1./s1. The SMILES string of the molecule is CC(=O)N[C@@H]1C(O)[C@@H](O)C(CO)O[C@@H]1O[C@H]1C(CO)O[C@H](O)[C@H](NC(=O)OCCCCCCCCCCOC(=O)CCCCCCCCCCC(=O)OCCCCCCCCCCOC(=O)C[N+](C)(C)CCOC(C)=O)C1O.[Cl-]. The van der Waals surface area contributed by atoms with Crippen molar-refractivity contribution in [3.05, 3.63) is 0 Å². The Morgan fingerprint density at radius 2 is 0.886 bits per heavy atom. The average molecular weight is 1160 g/mol. The second kappa shape index (κ2) is 44.1. The molecule has 2 aliphatic heterocycles. The summed E-state index contributed by atoms with van der Waals surface area (Å²) in [6, 6.07) is -2.83. The minimum Gasteiger partial charge on any atom is -1.00 e. The first-order valence-corrected chi connectivity index (χ1v) is 28.9. The van der Waals surface area contributed by atoms with Gasteiger partial charge in [0.25, 0.3) is 0 Å². The summed E-state index contributed by atoms with van der Waals surface area (Å²) in [6.45, 7) is 3.55. The van der Waals surface area contributed by atoms with E-state index in [-0.39, 0.29) is 56.0 Å². The molecular formula is C55H100ClN3O20. The third kappa shape index (κ3) is 33.9. The van der Waals surface area contributed by atoms with Gasteiger partial charge in [-0.15, -0.1) is 0 Å². The summed E-state index contributed by atoms with van der Waals surface area (Å²) in [5, 5.41) is 66.8. The number of aliphatic hydroxyl groups excluding tert-OH is 6. The van der Waals surface area contributed by atoms with Gasteiger partial charge in [-0.3, -0.25) is 19.2 Å². The van der Waals surface area contributed by atoms with Crippen molar-refractivity contribution in [3.63, 3.8) is 0 Å². The number of likely N-dealkylation sites (N-methyl/N-ethyl adjacent to an activating group) is 1. The van der Waals surface area contributed by atoms with Gasteiger partial charge in [0.1, 0.15) is 61.9 Å². The summed E-state index contributed by atoms with van der Waals surface area (Å²) >= 11 is 0. The molecule has 0 aliphatic carbocycles. The Kier molecular flexibility index (Phi) is 41.1. The number of esters is 4. The fourth-order valence-electron chi connectivity index (χ4n) is 9.23. The minimum absolute atomic E-state index is 0. The van der Waals surface area contributed by atoms with Gasteiger partial charge >= 0.3 is 30.0 Å². The van der Waals surface area contributed by atoms with Crippen molar-refractivity contribution in [2.45, 2.75) is 242 Å². The number of carbonyl (C=O) groups is 6. The lowest BCUT2D eigenvalue weighted by Gasteiger charge is -2.47. The first-order chi connectivity index (χ1) is 37.4. The molecule has 2 rings (SSSR count). The highest BCUT2D eigenvalue weighted by Gasteiger charge is 2.51. The molecule has 2 fully saturated rings. The lowest BCUT2D eigenvalue weighted by Crippen LogP contribution is -3.00. The van der Waals surface area contributed by atoms with E-state index in [2.05, 4.69) is 10.6 Å². The number of quaternary nitrogens is 1. The maximum Gasteiger partial charge on any atom is 0.407 e. The maximum atomic E-state index is 12.6. The first-order valence-electron chi connectivity index (χ1n) is 28.9. The third-order valence-corrected chi connectivity index (χ3v) is 13.9. The second-order valence-electron chi connectivity index (χ2n) is 21.4. The van der Waals surface area contributed by atoms with E-state index >= 15 is 0 Å². The topological polar surface area (TPSA) is 322 Å². The van der Waals surface area contributed by atoms with E-state index in [1.165, 1.54) is 6.92 Å². The van der Waals surface area contributed by atoms with Gasteiger partial charge in [-0.25, -0.2) is 9.59 Å². The van der Waals surface area contributed by atoms with Gasteiger partial charge in [-0.1, -0.05) is 116 Å². The number of nitrogens with zero attached hydrogens (tertiary/aromatic N) is 1. The highest BCUT2D eigenvalue weighted by Crippen LogP contribution is 2.29. The molecule has 2 heterocycles. The molecule has 2 saturated heterocycles. The molecule has 0 saturated carbocycles. The number of aliphatic hydroxyl groups is 6. The Bertz CT molecular complexity index is 1670. The number of carbonyl (C=O) groups excluding carboxylic acids is 6. The number of unbranched alkanes of at least 4 members (excludes halogenated alkanes) is 21. The molecule has 0 spiro atoms. The van der Waals surface area contributed by atoms with E-state index in [1.807, 2.05) is 14.1 Å². The van der Waals surface area contributed by atoms with Gasteiger partial charge in [0.05, 0.1) is 53.7 Å². The van der Waals surface area contributed by atoms with Crippen molar-refractivity contribution < 1.29 is 114 Å². The highest BCUT2D eigenvalue weighted by molar-refractivity contribution is 5.73. The predicted octanol–water partition coefficient (Wildman–Crippen LogP) is 0.896. The van der Waals surface area contributed by atoms with Crippen molar-refractivity contribution >= 4 is 35.9 Å². The van der Waals surface area contributed by atoms with Crippen molar-refractivity contribution in [2.24, 2.45) is 0 Å². The van der Waals surface area contributed by atoms with Crippen LogP contribution >= 0.6 is 0 Å². The number of rotatable bonds is 44. The van der Waals surface area contributed by atoms with Gasteiger partial charge in [0.2, 0.25) is 5.91 Å². The summed E-state index contributed by atoms with van der Waals surface area (Å²) in [4.78, 5) is 71.8. The second-order valence-corrected chi connectivity index (χ2v) is 21.4. The molecule has 0 aromatic carbocycles. The summed E-state index contributed by atoms with van der Waals surface area (Å²) in [6.07, 6.45) is 11.0. The zero-order valence-corrected chi connectivity index (χ0v) is 48.5. The summed E-state index contributed by atoms with van der Waals surface area (Å²) in [5.41, 5.74) is 0. The molecule has 462 valence electrons. The van der Waals surface area contributed by atoms with E-state index in [0.717, 1.165) is 155 Å². The van der Waals surface area contributed by atoms with Crippen LogP contribution in [0.15, 0.2) is 0 Å². The van der Waals surface area contributed by atoms with E-state index in [0.29, 0.717) is 50.1 Å². The summed E-state index contributed by atoms with van der Waals surface area (Å²) in [5.74, 6) is -1.43. The number of nitrogens with one attached hydrogen (secondary N) is 2. The Labute approximate surface area is 474 Å². The number of hydrogen-bond donors (Lipinski definition) is 8. The van der Waals surface area contributed by atoms with Crippen molar-refractivity contribution in [3.8, 4) is 0 Å². The average Bonchev–Trinajstić information content (AvgIpc) is 3.47. The fraction of sp³-hybridized carbons (Fsp3) is 0.891. The Morgan fingerprint density at radius 3 is 1.32 bits per heavy atom. The molecule has 2 amide bonds. The molecule has 23 nitrogen and oxygen atoms in total. The molecule has 10 atom stereocenters. The molecule has 0 aromatic heterocycles. The molecule has 2 aliphatic rings. The van der Waals surface area contributed by atoms with Crippen molar-refractivity contribution in [1.29, 1.82) is 0 Å². The number of halogens is 1. The molecule has 8 N–H and O–H groups in total. The first kappa shape index (κ1) is 73.5. The summed E-state index contributed by atoms with van der Waals surface area (Å²) < 4.78 is 43.6. The molecule has 0 bridgehead atoms. The third-order valence-electron chi connectivity index (χ3n) is 13.9. The predicted molar refractivity (Wildman–Crippen MR) is 284 cm³/mol. The maximum absolute atomic E-state index is 12.6. The van der Waals surface area contributed by atoms with Crippen LogP contribution in [0.2, 0.25) is 0 Å². The lowest BCUT2D eigenvalue weighted by molar-refractivity contribution is -0.883. The van der Waals surface area contributed by atoms with Crippen LogP contribution in [0.1, 0.15) is 181 Å². The largest absolute Gasteiger partial charge is 1.00 e. The van der Waals surface area contributed by atoms with Crippen LogP contribution in [0.5, 0.6) is 0 Å². The van der Waals surface area contributed by atoms with Gasteiger partial charge in [0, 0.05) is 26.7 Å². The monoisotopic (exact) mass is 1160 g/mol. The lowest BCUT2D eigenvalue weighted by atomic mass is 9.94. The fourth-order valence-corrected chi connectivity index (χ4v) is 9.23. The van der Waals surface area contributed by atoms with E-state index in [4.69, 9.17) is 37.9 Å². The van der Waals surface area contributed by atoms with Gasteiger partial charge in [-0.2, -0.15) is 0 Å². The number of alkyl carbamates (subject to hydrolysis) is 1. The van der Waals surface area contributed by atoms with Crippen LogP contribution in [-0.4, -0.2) is 206 Å². The Morgan fingerprint density at radius 1 is 0.468 bits per heavy atom. The quantitative estimate of drug-likeness (QED) is 0.0182. The van der Waals surface area contributed by atoms with Gasteiger partial charge in [0.15, 0.2) is 19.1 Å². The molecule has 0 radical (unpaired) electrons. The van der Waals surface area contributed by atoms with E-state index in [1.54, 1.807) is 0 Å². The van der Waals surface area contributed by atoms with Crippen LogP contribution in [0.4, 0.5) is 4.79 Å².